The number of imidazole rings is 1. The number of rotatable bonds is 3. The number of fused-ring (bicyclic) bond motifs is 1. The smallest absolute Gasteiger partial charge is 0.137 e. The molecule has 1 aliphatic rings. The maximum Gasteiger partial charge on any atom is 0.137 e. The first-order valence-electron chi connectivity index (χ1n) is 6.84. The van der Waals surface area contributed by atoms with Gasteiger partial charge in [-0.15, -0.1) is 0 Å². The third kappa shape index (κ3) is 2.49. The number of hydrogen-bond acceptors (Lipinski definition) is 4. The Kier molecular flexibility index (Phi) is 3.50. The van der Waals surface area contributed by atoms with Gasteiger partial charge in [0.15, 0.2) is 0 Å². The molecule has 1 fully saturated rings. The topological polar surface area (TPSA) is 49.8 Å². The molecule has 2 N–H and O–H groups in total. The molecule has 2 aromatic heterocycles. The summed E-state index contributed by atoms with van der Waals surface area (Å²) in [4.78, 5) is 9.46. The van der Waals surface area contributed by atoms with Crippen LogP contribution in [-0.2, 0) is 13.1 Å². The van der Waals surface area contributed by atoms with E-state index in [0.29, 0.717) is 6.54 Å². The van der Waals surface area contributed by atoms with E-state index in [9.17, 15) is 0 Å². The van der Waals surface area contributed by atoms with E-state index in [2.05, 4.69) is 32.4 Å². The molecular weight excluding hydrogens is 238 g/mol. The van der Waals surface area contributed by atoms with Crippen LogP contribution in [0.3, 0.4) is 0 Å². The predicted octanol–water partition coefficient (Wildman–Crippen LogP) is 0.540. The van der Waals surface area contributed by atoms with Crippen molar-refractivity contribution in [2.75, 3.05) is 33.2 Å². The van der Waals surface area contributed by atoms with Crippen LogP contribution in [0.2, 0.25) is 0 Å². The van der Waals surface area contributed by atoms with Crippen LogP contribution in [-0.4, -0.2) is 52.4 Å². The van der Waals surface area contributed by atoms with Gasteiger partial charge in [0.1, 0.15) is 5.65 Å². The van der Waals surface area contributed by atoms with Gasteiger partial charge in [-0.1, -0.05) is 6.07 Å². The first kappa shape index (κ1) is 12.6. The zero-order chi connectivity index (χ0) is 13.2. The van der Waals surface area contributed by atoms with Gasteiger partial charge in [0, 0.05) is 45.5 Å². The number of piperazine rings is 1. The van der Waals surface area contributed by atoms with Gasteiger partial charge in [-0.2, -0.15) is 0 Å². The summed E-state index contributed by atoms with van der Waals surface area (Å²) >= 11 is 0. The fourth-order valence-corrected chi connectivity index (χ4v) is 2.64. The quantitative estimate of drug-likeness (QED) is 0.874. The highest BCUT2D eigenvalue weighted by Gasteiger charge is 2.18. The lowest BCUT2D eigenvalue weighted by molar-refractivity contribution is 0.146. The lowest BCUT2D eigenvalue weighted by Crippen LogP contribution is -2.44. The summed E-state index contributed by atoms with van der Waals surface area (Å²) in [6, 6.07) is 6.09. The van der Waals surface area contributed by atoms with Crippen LogP contribution >= 0.6 is 0 Å². The van der Waals surface area contributed by atoms with E-state index in [0.717, 1.165) is 44.1 Å². The Balaban J connectivity index is 1.87. The van der Waals surface area contributed by atoms with Crippen LogP contribution in [0.1, 0.15) is 11.4 Å². The van der Waals surface area contributed by atoms with Crippen molar-refractivity contribution in [2.24, 2.45) is 5.73 Å². The lowest BCUT2D eigenvalue weighted by Gasteiger charge is -2.32. The molecular formula is C14H21N5. The molecule has 0 unspecified atom stereocenters. The van der Waals surface area contributed by atoms with E-state index in [1.807, 2.05) is 18.2 Å². The van der Waals surface area contributed by atoms with Gasteiger partial charge in [-0.3, -0.25) is 4.90 Å². The van der Waals surface area contributed by atoms with E-state index >= 15 is 0 Å². The highest BCUT2D eigenvalue weighted by atomic mass is 15.3. The number of nitrogens with zero attached hydrogens (tertiary/aromatic N) is 4. The third-order valence-electron chi connectivity index (χ3n) is 3.87. The number of nitrogens with two attached hydrogens (primary N) is 1. The second-order valence-corrected chi connectivity index (χ2v) is 5.22. The Morgan fingerprint density at radius 2 is 2.00 bits per heavy atom. The van der Waals surface area contributed by atoms with Gasteiger partial charge in [-0.25, -0.2) is 4.98 Å². The molecule has 0 bridgehead atoms. The van der Waals surface area contributed by atoms with Gasteiger partial charge in [0.05, 0.1) is 11.4 Å². The zero-order valence-electron chi connectivity index (χ0n) is 11.4. The largest absolute Gasteiger partial charge is 0.325 e. The van der Waals surface area contributed by atoms with Crippen molar-refractivity contribution in [2.45, 2.75) is 13.1 Å². The molecule has 0 aliphatic carbocycles. The van der Waals surface area contributed by atoms with Crippen molar-refractivity contribution in [1.29, 1.82) is 0 Å². The normalized spacial score (nSPS) is 18.2. The van der Waals surface area contributed by atoms with Crippen LogP contribution in [0.25, 0.3) is 5.65 Å². The minimum absolute atomic E-state index is 0.505. The fraction of sp³-hybridized carbons (Fsp3) is 0.500. The van der Waals surface area contributed by atoms with Gasteiger partial charge in [0.25, 0.3) is 0 Å². The molecule has 1 saturated heterocycles. The third-order valence-corrected chi connectivity index (χ3v) is 3.87. The summed E-state index contributed by atoms with van der Waals surface area (Å²) < 4.78 is 2.17. The summed E-state index contributed by atoms with van der Waals surface area (Å²) in [6.45, 7) is 5.93. The number of pyridine rings is 1. The van der Waals surface area contributed by atoms with Crippen LogP contribution in [0, 0.1) is 0 Å². The number of aromatic nitrogens is 2. The van der Waals surface area contributed by atoms with E-state index < -0.39 is 0 Å². The summed E-state index contributed by atoms with van der Waals surface area (Å²) in [5, 5.41) is 0. The minimum atomic E-state index is 0.505. The molecule has 0 saturated carbocycles. The van der Waals surface area contributed by atoms with E-state index in [-0.39, 0.29) is 0 Å². The number of likely N-dealkylation sites (N-methyl/N-ethyl adjacent to an activating group) is 1. The number of hydrogen-bond donors (Lipinski definition) is 1. The molecule has 1 aliphatic heterocycles. The minimum Gasteiger partial charge on any atom is -0.325 e. The maximum atomic E-state index is 5.84. The van der Waals surface area contributed by atoms with Crippen molar-refractivity contribution >= 4 is 5.65 Å². The second kappa shape index (κ2) is 5.28. The lowest BCUT2D eigenvalue weighted by atomic mass is 10.2. The second-order valence-electron chi connectivity index (χ2n) is 5.22. The molecule has 5 nitrogen and oxygen atoms in total. The molecule has 102 valence electrons. The van der Waals surface area contributed by atoms with Gasteiger partial charge in [0.2, 0.25) is 0 Å². The molecule has 2 aromatic rings. The molecule has 5 heteroatoms. The molecule has 0 aromatic carbocycles. The zero-order valence-corrected chi connectivity index (χ0v) is 11.4. The monoisotopic (exact) mass is 259 g/mol. The molecule has 0 atom stereocenters. The summed E-state index contributed by atoms with van der Waals surface area (Å²) in [5.74, 6) is 0. The summed E-state index contributed by atoms with van der Waals surface area (Å²) in [7, 11) is 2.18. The Hall–Kier alpha value is -1.43. The highest BCUT2D eigenvalue weighted by molar-refractivity contribution is 5.43. The highest BCUT2D eigenvalue weighted by Crippen LogP contribution is 2.15. The molecule has 0 spiro atoms. The van der Waals surface area contributed by atoms with Gasteiger partial charge in [-0.05, 0) is 19.2 Å². The van der Waals surface area contributed by atoms with Crippen molar-refractivity contribution in [3.05, 3.63) is 35.8 Å². The van der Waals surface area contributed by atoms with Crippen LogP contribution < -0.4 is 5.73 Å². The maximum absolute atomic E-state index is 5.84. The van der Waals surface area contributed by atoms with Crippen molar-refractivity contribution < 1.29 is 0 Å². The Morgan fingerprint density at radius 1 is 1.21 bits per heavy atom. The van der Waals surface area contributed by atoms with Gasteiger partial charge >= 0.3 is 0 Å². The molecule has 0 radical (unpaired) electrons. The Bertz CT molecular complexity index is 554. The summed E-state index contributed by atoms with van der Waals surface area (Å²) in [6.07, 6.45) is 2.08. The fourth-order valence-electron chi connectivity index (χ4n) is 2.64. The van der Waals surface area contributed by atoms with Crippen LogP contribution in [0.4, 0.5) is 0 Å². The Morgan fingerprint density at radius 3 is 2.74 bits per heavy atom. The Labute approximate surface area is 113 Å². The van der Waals surface area contributed by atoms with E-state index in [1.54, 1.807) is 0 Å². The predicted molar refractivity (Wildman–Crippen MR) is 75.9 cm³/mol. The molecule has 0 amide bonds. The average molecular weight is 259 g/mol. The summed E-state index contributed by atoms with van der Waals surface area (Å²) in [5.41, 5.74) is 9.09. The first-order chi connectivity index (χ1) is 9.28. The molecule has 3 rings (SSSR count). The van der Waals surface area contributed by atoms with Crippen molar-refractivity contribution in [3.8, 4) is 0 Å². The van der Waals surface area contributed by atoms with Gasteiger partial charge < -0.3 is 15.0 Å². The molecule has 3 heterocycles. The first-order valence-corrected chi connectivity index (χ1v) is 6.84. The van der Waals surface area contributed by atoms with E-state index in [1.165, 1.54) is 5.69 Å². The SMILES string of the molecule is CN1CCN(Cc2c(CN)nc3ccccn23)CC1. The van der Waals surface area contributed by atoms with Crippen molar-refractivity contribution in [1.82, 2.24) is 19.2 Å². The standard InChI is InChI=1S/C14H21N5/c1-17-6-8-18(9-7-17)11-13-12(10-15)16-14-4-2-3-5-19(13)14/h2-5H,6-11,15H2,1H3. The van der Waals surface area contributed by atoms with Crippen LogP contribution in [0.15, 0.2) is 24.4 Å². The van der Waals surface area contributed by atoms with Crippen molar-refractivity contribution in [3.63, 3.8) is 0 Å². The molecule has 19 heavy (non-hydrogen) atoms. The van der Waals surface area contributed by atoms with E-state index in [4.69, 9.17) is 5.73 Å². The average Bonchev–Trinajstić information content (AvgIpc) is 2.79. The van der Waals surface area contributed by atoms with Crippen LogP contribution in [0.5, 0.6) is 0 Å².